The number of H-pyrrole nitrogens is 1. The molecule has 1 heterocycles. The van der Waals surface area contributed by atoms with E-state index in [0.29, 0.717) is 19.4 Å². The molecule has 1 aliphatic rings. The molecule has 2 aromatic rings. The smallest absolute Gasteiger partial charge is 0.315 e. The van der Waals surface area contributed by atoms with Crippen LogP contribution in [-0.2, 0) is 11.3 Å². The van der Waals surface area contributed by atoms with Crippen molar-refractivity contribution < 1.29 is 14.7 Å². The van der Waals surface area contributed by atoms with Crippen molar-refractivity contribution in [1.29, 1.82) is 0 Å². The summed E-state index contributed by atoms with van der Waals surface area (Å²) in [5.41, 5.74) is 2.01. The maximum absolute atomic E-state index is 12.0. The molecule has 122 valence electrons. The molecule has 1 aromatic carbocycles. The summed E-state index contributed by atoms with van der Waals surface area (Å²) in [7, 11) is 0. The van der Waals surface area contributed by atoms with Crippen LogP contribution in [0.15, 0.2) is 30.3 Å². The zero-order chi connectivity index (χ0) is 16.2. The van der Waals surface area contributed by atoms with E-state index in [4.69, 9.17) is 5.11 Å². The molecule has 1 saturated carbocycles. The molecule has 6 heteroatoms. The monoisotopic (exact) mass is 315 g/mol. The summed E-state index contributed by atoms with van der Waals surface area (Å²) in [5.74, 6) is -0.992. The Morgan fingerprint density at radius 3 is 2.61 bits per heavy atom. The number of hydrogen-bond acceptors (Lipinski definition) is 2. The fourth-order valence-electron chi connectivity index (χ4n) is 3.13. The largest absolute Gasteiger partial charge is 0.481 e. The molecular formula is C17H21N3O3. The first kappa shape index (κ1) is 15.4. The Labute approximate surface area is 134 Å². The standard InChI is InChI=1S/C17H21N3O3/c21-16(22)11-5-7-13(8-6-11)20-17(23)18-10-14-9-12-3-1-2-4-15(12)19-14/h1-4,9,11,13,19H,5-8,10H2,(H,21,22)(H2,18,20,23). The molecule has 0 aliphatic heterocycles. The van der Waals surface area contributed by atoms with Crippen molar-refractivity contribution in [2.45, 2.75) is 38.3 Å². The number of hydrogen-bond donors (Lipinski definition) is 4. The number of rotatable bonds is 4. The molecule has 0 bridgehead atoms. The van der Waals surface area contributed by atoms with E-state index < -0.39 is 5.97 Å². The Bertz CT molecular complexity index is 669. The second kappa shape index (κ2) is 6.73. The van der Waals surface area contributed by atoms with Gasteiger partial charge in [0.2, 0.25) is 0 Å². The van der Waals surface area contributed by atoms with Crippen LogP contribution >= 0.6 is 0 Å². The number of amides is 2. The van der Waals surface area contributed by atoms with Gasteiger partial charge in [-0.1, -0.05) is 18.2 Å². The number of benzene rings is 1. The van der Waals surface area contributed by atoms with Crippen molar-refractivity contribution in [2.75, 3.05) is 0 Å². The number of carboxylic acid groups (broad SMARTS) is 1. The van der Waals surface area contributed by atoms with Crippen LogP contribution in [0.5, 0.6) is 0 Å². The van der Waals surface area contributed by atoms with Gasteiger partial charge in [0.1, 0.15) is 0 Å². The van der Waals surface area contributed by atoms with E-state index >= 15 is 0 Å². The van der Waals surface area contributed by atoms with Crippen molar-refractivity contribution in [3.63, 3.8) is 0 Å². The van der Waals surface area contributed by atoms with Crippen molar-refractivity contribution in [2.24, 2.45) is 5.92 Å². The molecular weight excluding hydrogens is 294 g/mol. The molecule has 2 amide bonds. The van der Waals surface area contributed by atoms with E-state index in [1.54, 1.807) is 0 Å². The predicted molar refractivity (Wildman–Crippen MR) is 87.1 cm³/mol. The summed E-state index contributed by atoms with van der Waals surface area (Å²) >= 11 is 0. The number of urea groups is 1. The predicted octanol–water partition coefficient (Wildman–Crippen LogP) is 2.61. The fourth-order valence-corrected chi connectivity index (χ4v) is 3.13. The summed E-state index contributed by atoms with van der Waals surface area (Å²) in [6.07, 6.45) is 2.69. The molecule has 1 fully saturated rings. The highest BCUT2D eigenvalue weighted by Crippen LogP contribution is 2.24. The third-order valence-electron chi connectivity index (χ3n) is 4.44. The van der Waals surface area contributed by atoms with Crippen LogP contribution in [0.1, 0.15) is 31.4 Å². The van der Waals surface area contributed by atoms with E-state index in [2.05, 4.69) is 15.6 Å². The Morgan fingerprint density at radius 2 is 1.91 bits per heavy atom. The van der Waals surface area contributed by atoms with Gasteiger partial charge in [-0.25, -0.2) is 4.79 Å². The normalized spacial score (nSPS) is 21.0. The highest BCUT2D eigenvalue weighted by atomic mass is 16.4. The van der Waals surface area contributed by atoms with Gasteiger partial charge in [-0.3, -0.25) is 4.79 Å². The molecule has 0 unspecified atom stereocenters. The zero-order valence-electron chi connectivity index (χ0n) is 12.8. The molecule has 0 radical (unpaired) electrons. The van der Waals surface area contributed by atoms with Crippen molar-refractivity contribution in [1.82, 2.24) is 15.6 Å². The minimum absolute atomic E-state index is 0.0633. The van der Waals surface area contributed by atoms with Gasteiger partial charge in [-0.05, 0) is 43.2 Å². The van der Waals surface area contributed by atoms with Gasteiger partial charge in [-0.15, -0.1) is 0 Å². The second-order valence-corrected chi connectivity index (χ2v) is 6.10. The molecule has 0 spiro atoms. The number of carbonyl (C=O) groups excluding carboxylic acids is 1. The number of para-hydroxylation sites is 1. The number of carbonyl (C=O) groups is 2. The molecule has 0 saturated heterocycles. The minimum atomic E-state index is -0.730. The average Bonchev–Trinajstić information content (AvgIpc) is 2.96. The minimum Gasteiger partial charge on any atom is -0.481 e. The van der Waals surface area contributed by atoms with Gasteiger partial charge in [0.25, 0.3) is 0 Å². The zero-order valence-corrected chi connectivity index (χ0v) is 12.8. The first-order valence-electron chi connectivity index (χ1n) is 7.95. The molecule has 0 atom stereocenters. The Balaban J connectivity index is 1.45. The topological polar surface area (TPSA) is 94.2 Å². The van der Waals surface area contributed by atoms with Crippen LogP contribution < -0.4 is 10.6 Å². The SMILES string of the molecule is O=C(NCc1cc2ccccc2[nH]1)NC1CCC(C(=O)O)CC1. The summed E-state index contributed by atoms with van der Waals surface area (Å²) in [6, 6.07) is 9.85. The summed E-state index contributed by atoms with van der Waals surface area (Å²) in [6.45, 7) is 0.436. The Kier molecular flexibility index (Phi) is 4.50. The Morgan fingerprint density at radius 1 is 1.17 bits per heavy atom. The highest BCUT2D eigenvalue weighted by molar-refractivity contribution is 5.80. The van der Waals surface area contributed by atoms with Crippen LogP contribution in [-0.4, -0.2) is 28.1 Å². The van der Waals surface area contributed by atoms with Crippen molar-refractivity contribution >= 4 is 22.9 Å². The number of carboxylic acids is 1. The van der Waals surface area contributed by atoms with E-state index in [1.165, 1.54) is 0 Å². The average molecular weight is 315 g/mol. The molecule has 6 nitrogen and oxygen atoms in total. The molecule has 1 aliphatic carbocycles. The van der Waals surface area contributed by atoms with Crippen LogP contribution in [0.3, 0.4) is 0 Å². The maximum Gasteiger partial charge on any atom is 0.315 e. The van der Waals surface area contributed by atoms with Gasteiger partial charge in [0.05, 0.1) is 12.5 Å². The van der Waals surface area contributed by atoms with E-state index in [1.807, 2.05) is 30.3 Å². The van der Waals surface area contributed by atoms with Crippen LogP contribution in [0, 0.1) is 5.92 Å². The molecule has 1 aromatic heterocycles. The van der Waals surface area contributed by atoms with Crippen molar-refractivity contribution in [3.8, 4) is 0 Å². The van der Waals surface area contributed by atoms with E-state index in [-0.39, 0.29) is 18.0 Å². The van der Waals surface area contributed by atoms with Crippen LogP contribution in [0.25, 0.3) is 10.9 Å². The second-order valence-electron chi connectivity index (χ2n) is 6.10. The summed E-state index contributed by atoms with van der Waals surface area (Å²) < 4.78 is 0. The third kappa shape index (κ3) is 3.83. The lowest BCUT2D eigenvalue weighted by Crippen LogP contribution is -2.43. The third-order valence-corrected chi connectivity index (χ3v) is 4.44. The maximum atomic E-state index is 12.0. The highest BCUT2D eigenvalue weighted by Gasteiger charge is 2.26. The van der Waals surface area contributed by atoms with Gasteiger partial charge >= 0.3 is 12.0 Å². The van der Waals surface area contributed by atoms with Crippen molar-refractivity contribution in [3.05, 3.63) is 36.0 Å². The Hall–Kier alpha value is -2.50. The lowest BCUT2D eigenvalue weighted by Gasteiger charge is -2.26. The quantitative estimate of drug-likeness (QED) is 0.698. The molecule has 4 N–H and O–H groups in total. The van der Waals surface area contributed by atoms with E-state index in [0.717, 1.165) is 29.4 Å². The number of aliphatic carboxylic acids is 1. The van der Waals surface area contributed by atoms with Gasteiger partial charge in [0, 0.05) is 17.3 Å². The van der Waals surface area contributed by atoms with Gasteiger partial charge < -0.3 is 20.7 Å². The number of nitrogens with one attached hydrogen (secondary N) is 3. The number of fused-ring (bicyclic) bond motifs is 1. The van der Waals surface area contributed by atoms with Crippen LogP contribution in [0.2, 0.25) is 0 Å². The van der Waals surface area contributed by atoms with Gasteiger partial charge in [0.15, 0.2) is 0 Å². The van der Waals surface area contributed by atoms with Gasteiger partial charge in [-0.2, -0.15) is 0 Å². The fraction of sp³-hybridized carbons (Fsp3) is 0.412. The molecule has 3 rings (SSSR count). The van der Waals surface area contributed by atoms with Crippen LogP contribution in [0.4, 0.5) is 4.79 Å². The van der Waals surface area contributed by atoms with E-state index in [9.17, 15) is 9.59 Å². The lowest BCUT2D eigenvalue weighted by atomic mass is 9.86. The summed E-state index contributed by atoms with van der Waals surface area (Å²) in [5, 5.41) is 15.9. The number of aromatic nitrogens is 1. The number of aromatic amines is 1. The first-order chi connectivity index (χ1) is 11.1. The molecule has 23 heavy (non-hydrogen) atoms. The first-order valence-corrected chi connectivity index (χ1v) is 7.95. The lowest BCUT2D eigenvalue weighted by molar-refractivity contribution is -0.142. The summed E-state index contributed by atoms with van der Waals surface area (Å²) in [4.78, 5) is 26.1.